The molecule has 2 aromatic rings. The second kappa shape index (κ2) is 5.69. The van der Waals surface area contributed by atoms with Gasteiger partial charge in [-0.3, -0.25) is 4.79 Å². The number of carbonyl (C=O) groups is 1. The first-order valence-electron chi connectivity index (χ1n) is 6.40. The number of benzene rings is 1. The summed E-state index contributed by atoms with van der Waals surface area (Å²) >= 11 is 0. The number of rotatable bonds is 4. The fraction of sp³-hybridized carbons (Fsp3) is 0.333. The Morgan fingerprint density at radius 1 is 1.32 bits per heavy atom. The van der Waals surface area contributed by atoms with Gasteiger partial charge in [0.15, 0.2) is 0 Å². The Bertz CT molecular complexity index is 541. The summed E-state index contributed by atoms with van der Waals surface area (Å²) in [5, 5.41) is 2.94. The van der Waals surface area contributed by atoms with Crippen LogP contribution in [0.3, 0.4) is 0 Å². The Morgan fingerprint density at radius 2 is 2.00 bits per heavy atom. The molecule has 0 saturated heterocycles. The lowest BCUT2D eigenvalue weighted by Gasteiger charge is -2.13. The third-order valence-corrected chi connectivity index (χ3v) is 3.02. The van der Waals surface area contributed by atoms with E-state index in [1.54, 1.807) is 12.5 Å². The van der Waals surface area contributed by atoms with Crippen LogP contribution in [-0.4, -0.2) is 15.5 Å². The zero-order chi connectivity index (χ0) is 13.8. The molecule has 1 aromatic heterocycles. The summed E-state index contributed by atoms with van der Waals surface area (Å²) in [7, 11) is 0. The van der Waals surface area contributed by atoms with Crippen molar-refractivity contribution in [1.82, 2.24) is 9.55 Å². The van der Waals surface area contributed by atoms with Crippen molar-refractivity contribution in [2.45, 2.75) is 33.2 Å². The Balaban J connectivity index is 1.97. The molecule has 1 heterocycles. The summed E-state index contributed by atoms with van der Waals surface area (Å²) in [6, 6.07) is 6.15. The first-order chi connectivity index (χ1) is 9.04. The van der Waals surface area contributed by atoms with Crippen molar-refractivity contribution in [2.24, 2.45) is 0 Å². The molecule has 0 radical (unpaired) electrons. The van der Waals surface area contributed by atoms with Crippen molar-refractivity contribution < 1.29 is 4.79 Å². The van der Waals surface area contributed by atoms with Gasteiger partial charge in [0, 0.05) is 30.5 Å². The maximum atomic E-state index is 12.0. The summed E-state index contributed by atoms with van der Waals surface area (Å²) < 4.78 is 1.93. The maximum absolute atomic E-state index is 12.0. The minimum absolute atomic E-state index is 0.0196. The van der Waals surface area contributed by atoms with E-state index in [1.807, 2.05) is 43.7 Å². The summed E-state index contributed by atoms with van der Waals surface area (Å²) in [6.45, 7) is 6.05. The monoisotopic (exact) mass is 257 g/mol. The number of carbonyl (C=O) groups excluding carboxylic acids is 1. The Labute approximate surface area is 113 Å². The number of aryl methyl sites for hydroxylation is 2. The van der Waals surface area contributed by atoms with E-state index < -0.39 is 0 Å². The highest BCUT2D eigenvalue weighted by molar-refractivity contribution is 5.91. The fourth-order valence-electron chi connectivity index (χ4n) is 2.16. The molecular formula is C15H19N3O. The predicted octanol–water partition coefficient (Wildman–Crippen LogP) is 3.09. The van der Waals surface area contributed by atoms with Crippen LogP contribution in [0.2, 0.25) is 0 Å². The van der Waals surface area contributed by atoms with E-state index >= 15 is 0 Å². The Morgan fingerprint density at radius 3 is 2.58 bits per heavy atom. The van der Waals surface area contributed by atoms with E-state index in [-0.39, 0.29) is 11.9 Å². The molecule has 0 unspecified atom stereocenters. The summed E-state index contributed by atoms with van der Waals surface area (Å²) in [5.74, 6) is 0.0196. The van der Waals surface area contributed by atoms with Crippen LogP contribution in [0.15, 0.2) is 36.9 Å². The normalized spacial score (nSPS) is 12.2. The molecule has 1 N–H and O–H groups in total. The molecule has 100 valence electrons. The summed E-state index contributed by atoms with van der Waals surface area (Å²) in [6.07, 6.45) is 5.76. The molecule has 0 spiro atoms. The summed E-state index contributed by atoms with van der Waals surface area (Å²) in [5.41, 5.74) is 3.16. The smallest absolute Gasteiger partial charge is 0.226 e. The van der Waals surface area contributed by atoms with E-state index in [0.29, 0.717) is 6.42 Å². The average molecular weight is 257 g/mol. The number of nitrogens with one attached hydrogen (secondary N) is 1. The molecule has 0 fully saturated rings. The first-order valence-corrected chi connectivity index (χ1v) is 6.40. The van der Waals surface area contributed by atoms with Crippen molar-refractivity contribution in [3.63, 3.8) is 0 Å². The number of hydrogen-bond acceptors (Lipinski definition) is 2. The Hall–Kier alpha value is -2.10. The largest absolute Gasteiger partial charge is 0.334 e. The Kier molecular flexibility index (Phi) is 4.00. The van der Waals surface area contributed by atoms with Gasteiger partial charge in [-0.15, -0.1) is 0 Å². The lowest BCUT2D eigenvalue weighted by molar-refractivity contribution is -0.116. The van der Waals surface area contributed by atoms with E-state index in [2.05, 4.69) is 16.4 Å². The third kappa shape index (κ3) is 3.68. The van der Waals surface area contributed by atoms with Gasteiger partial charge in [0.2, 0.25) is 5.91 Å². The number of nitrogens with zero attached hydrogens (tertiary/aromatic N) is 2. The molecule has 1 aromatic carbocycles. The molecule has 0 bridgehead atoms. The van der Waals surface area contributed by atoms with Gasteiger partial charge in [-0.05, 0) is 44.0 Å². The van der Waals surface area contributed by atoms with Crippen molar-refractivity contribution in [3.8, 4) is 0 Å². The van der Waals surface area contributed by atoms with E-state index in [9.17, 15) is 4.79 Å². The number of amides is 1. The van der Waals surface area contributed by atoms with Gasteiger partial charge in [0.1, 0.15) is 0 Å². The van der Waals surface area contributed by atoms with Crippen LogP contribution >= 0.6 is 0 Å². The van der Waals surface area contributed by atoms with Crippen LogP contribution < -0.4 is 5.32 Å². The number of imidazole rings is 1. The minimum Gasteiger partial charge on any atom is -0.334 e. The first kappa shape index (κ1) is 13.3. The quantitative estimate of drug-likeness (QED) is 0.915. The van der Waals surface area contributed by atoms with Crippen LogP contribution in [0.1, 0.15) is 30.5 Å². The third-order valence-electron chi connectivity index (χ3n) is 3.02. The minimum atomic E-state index is 0.0196. The highest BCUT2D eigenvalue weighted by atomic mass is 16.1. The average Bonchev–Trinajstić information content (AvgIpc) is 2.80. The standard InChI is InChI=1S/C15H19N3O/c1-11-6-12(2)8-14(7-11)17-15(19)9-13(3)18-5-4-16-10-18/h4-8,10,13H,9H2,1-3H3,(H,17,19)/t13-/m0/s1. The molecule has 0 aliphatic heterocycles. The van der Waals surface area contributed by atoms with Crippen molar-refractivity contribution in [2.75, 3.05) is 5.32 Å². The molecule has 4 heteroatoms. The van der Waals surface area contributed by atoms with Gasteiger partial charge in [-0.2, -0.15) is 0 Å². The molecule has 19 heavy (non-hydrogen) atoms. The second-order valence-corrected chi connectivity index (χ2v) is 4.99. The molecule has 0 aliphatic carbocycles. The van der Waals surface area contributed by atoms with Gasteiger partial charge in [-0.1, -0.05) is 6.07 Å². The van der Waals surface area contributed by atoms with Crippen molar-refractivity contribution in [3.05, 3.63) is 48.0 Å². The molecule has 2 rings (SSSR count). The van der Waals surface area contributed by atoms with E-state index in [0.717, 1.165) is 16.8 Å². The van der Waals surface area contributed by atoms with E-state index in [4.69, 9.17) is 0 Å². The number of hydrogen-bond donors (Lipinski definition) is 1. The maximum Gasteiger partial charge on any atom is 0.226 e. The molecular weight excluding hydrogens is 238 g/mol. The van der Waals surface area contributed by atoms with Gasteiger partial charge in [-0.25, -0.2) is 4.98 Å². The highest BCUT2D eigenvalue weighted by Gasteiger charge is 2.10. The zero-order valence-corrected chi connectivity index (χ0v) is 11.6. The van der Waals surface area contributed by atoms with E-state index in [1.165, 1.54) is 0 Å². The fourth-order valence-corrected chi connectivity index (χ4v) is 2.16. The van der Waals surface area contributed by atoms with Gasteiger partial charge in [0.05, 0.1) is 6.33 Å². The predicted molar refractivity (Wildman–Crippen MR) is 76.1 cm³/mol. The highest BCUT2D eigenvalue weighted by Crippen LogP contribution is 2.16. The van der Waals surface area contributed by atoms with Gasteiger partial charge in [0.25, 0.3) is 0 Å². The van der Waals surface area contributed by atoms with Crippen molar-refractivity contribution >= 4 is 11.6 Å². The van der Waals surface area contributed by atoms with Crippen LogP contribution in [0.4, 0.5) is 5.69 Å². The topological polar surface area (TPSA) is 46.9 Å². The number of aromatic nitrogens is 2. The van der Waals surface area contributed by atoms with Crippen molar-refractivity contribution in [1.29, 1.82) is 0 Å². The molecule has 1 atom stereocenters. The van der Waals surface area contributed by atoms with Crippen LogP contribution in [0.5, 0.6) is 0 Å². The second-order valence-electron chi connectivity index (χ2n) is 4.99. The summed E-state index contributed by atoms with van der Waals surface area (Å²) in [4.78, 5) is 16.0. The number of anilines is 1. The van der Waals surface area contributed by atoms with Gasteiger partial charge >= 0.3 is 0 Å². The van der Waals surface area contributed by atoms with Crippen LogP contribution in [-0.2, 0) is 4.79 Å². The zero-order valence-electron chi connectivity index (χ0n) is 11.6. The molecule has 4 nitrogen and oxygen atoms in total. The lowest BCUT2D eigenvalue weighted by Crippen LogP contribution is -2.17. The van der Waals surface area contributed by atoms with Crippen LogP contribution in [0.25, 0.3) is 0 Å². The van der Waals surface area contributed by atoms with Gasteiger partial charge < -0.3 is 9.88 Å². The SMILES string of the molecule is Cc1cc(C)cc(NC(=O)C[C@H](C)n2ccnc2)c1. The lowest BCUT2D eigenvalue weighted by atomic mass is 10.1. The molecule has 0 aliphatic rings. The van der Waals surface area contributed by atoms with Crippen LogP contribution in [0, 0.1) is 13.8 Å². The molecule has 1 amide bonds. The molecule has 0 saturated carbocycles.